The van der Waals surface area contributed by atoms with Crippen molar-refractivity contribution in [2.45, 2.75) is 51.4 Å². The molecule has 3 aliphatic heterocycles. The summed E-state index contributed by atoms with van der Waals surface area (Å²) in [6.07, 6.45) is 2.35. The normalized spacial score (nSPS) is 42.7. The standard InChI is InChI=1S/C10H16O3/c1-9(2)7-4-5-10(3,13-9)12-8(11)6-7/h7H,4-6H2,1-3H3. The fraction of sp³-hybridized carbons (Fsp3) is 0.900. The molecule has 2 bridgehead atoms. The molecule has 3 heterocycles. The lowest BCUT2D eigenvalue weighted by Crippen LogP contribution is -2.47. The van der Waals surface area contributed by atoms with Gasteiger partial charge >= 0.3 is 5.97 Å². The maximum Gasteiger partial charge on any atom is 0.308 e. The summed E-state index contributed by atoms with van der Waals surface area (Å²) in [6, 6.07) is 0. The van der Waals surface area contributed by atoms with Crippen molar-refractivity contribution in [2.24, 2.45) is 5.92 Å². The number of fused-ring (bicyclic) bond motifs is 4. The van der Waals surface area contributed by atoms with Gasteiger partial charge in [0.2, 0.25) is 5.79 Å². The quantitative estimate of drug-likeness (QED) is 0.539. The summed E-state index contributed by atoms with van der Waals surface area (Å²) in [5, 5.41) is 0. The third-order valence-electron chi connectivity index (χ3n) is 3.15. The van der Waals surface area contributed by atoms with Crippen molar-refractivity contribution in [2.75, 3.05) is 0 Å². The van der Waals surface area contributed by atoms with E-state index in [1.807, 2.05) is 20.8 Å². The van der Waals surface area contributed by atoms with Crippen molar-refractivity contribution in [1.29, 1.82) is 0 Å². The molecule has 13 heavy (non-hydrogen) atoms. The molecule has 2 unspecified atom stereocenters. The molecule has 0 spiro atoms. The van der Waals surface area contributed by atoms with Gasteiger partial charge in [-0.25, -0.2) is 0 Å². The van der Waals surface area contributed by atoms with Gasteiger partial charge in [0.15, 0.2) is 0 Å². The molecule has 0 N–H and O–H groups in total. The number of carbonyl (C=O) groups is 1. The van der Waals surface area contributed by atoms with E-state index in [0.29, 0.717) is 12.3 Å². The molecule has 0 aromatic heterocycles. The first-order valence-corrected chi connectivity index (χ1v) is 4.83. The van der Waals surface area contributed by atoms with Gasteiger partial charge in [-0.2, -0.15) is 0 Å². The molecule has 3 aliphatic rings. The molecule has 74 valence electrons. The minimum atomic E-state index is -0.673. The Balaban J connectivity index is 2.32. The van der Waals surface area contributed by atoms with E-state index in [1.54, 1.807) is 0 Å². The third kappa shape index (κ3) is 1.46. The van der Waals surface area contributed by atoms with Crippen LogP contribution in [-0.4, -0.2) is 17.4 Å². The summed E-state index contributed by atoms with van der Waals surface area (Å²) in [5.41, 5.74) is -0.223. The van der Waals surface area contributed by atoms with Crippen LogP contribution in [0, 0.1) is 5.92 Å². The Morgan fingerprint density at radius 2 is 2.08 bits per heavy atom. The Morgan fingerprint density at radius 3 is 2.69 bits per heavy atom. The molecule has 0 aliphatic carbocycles. The van der Waals surface area contributed by atoms with E-state index in [4.69, 9.17) is 9.47 Å². The van der Waals surface area contributed by atoms with E-state index in [1.165, 1.54) is 0 Å². The van der Waals surface area contributed by atoms with Gasteiger partial charge in [0, 0.05) is 13.3 Å². The molecular weight excluding hydrogens is 168 g/mol. The van der Waals surface area contributed by atoms with Crippen molar-refractivity contribution in [3.05, 3.63) is 0 Å². The summed E-state index contributed by atoms with van der Waals surface area (Å²) in [6.45, 7) is 5.93. The molecule has 3 heteroatoms. The lowest BCUT2D eigenvalue weighted by atomic mass is 9.81. The third-order valence-corrected chi connectivity index (χ3v) is 3.15. The molecule has 3 rings (SSSR count). The van der Waals surface area contributed by atoms with Crippen LogP contribution in [-0.2, 0) is 14.3 Å². The molecular formula is C10H16O3. The smallest absolute Gasteiger partial charge is 0.308 e. The topological polar surface area (TPSA) is 35.5 Å². The van der Waals surface area contributed by atoms with Crippen molar-refractivity contribution < 1.29 is 14.3 Å². The van der Waals surface area contributed by atoms with E-state index in [-0.39, 0.29) is 11.6 Å². The van der Waals surface area contributed by atoms with E-state index in [9.17, 15) is 4.79 Å². The van der Waals surface area contributed by atoms with E-state index < -0.39 is 5.79 Å². The van der Waals surface area contributed by atoms with E-state index >= 15 is 0 Å². The number of ether oxygens (including phenoxy) is 2. The van der Waals surface area contributed by atoms with Gasteiger partial charge in [0.05, 0.1) is 12.0 Å². The molecule has 2 atom stereocenters. The van der Waals surface area contributed by atoms with Crippen LogP contribution in [0.2, 0.25) is 0 Å². The molecule has 3 fully saturated rings. The van der Waals surface area contributed by atoms with Crippen molar-refractivity contribution in [3.63, 3.8) is 0 Å². The number of esters is 1. The zero-order valence-corrected chi connectivity index (χ0v) is 8.42. The maximum absolute atomic E-state index is 11.3. The summed E-state index contributed by atoms with van der Waals surface area (Å²) in [7, 11) is 0. The largest absolute Gasteiger partial charge is 0.433 e. The predicted octanol–water partition coefficient (Wildman–Crippen LogP) is 1.85. The fourth-order valence-electron chi connectivity index (χ4n) is 2.38. The number of carbonyl (C=O) groups excluding carboxylic acids is 1. The average molecular weight is 184 g/mol. The van der Waals surface area contributed by atoms with Crippen molar-refractivity contribution in [3.8, 4) is 0 Å². The zero-order valence-electron chi connectivity index (χ0n) is 8.42. The monoisotopic (exact) mass is 184 g/mol. The van der Waals surface area contributed by atoms with Gasteiger partial charge in [-0.05, 0) is 26.2 Å². The number of hydrogen-bond acceptors (Lipinski definition) is 3. The summed E-state index contributed by atoms with van der Waals surface area (Å²) in [4.78, 5) is 11.3. The molecule has 3 nitrogen and oxygen atoms in total. The van der Waals surface area contributed by atoms with Crippen molar-refractivity contribution in [1.82, 2.24) is 0 Å². The second kappa shape index (κ2) is 2.47. The molecule has 0 saturated carbocycles. The Hall–Kier alpha value is -0.570. The Morgan fingerprint density at radius 1 is 1.38 bits per heavy atom. The van der Waals surface area contributed by atoms with Crippen LogP contribution < -0.4 is 0 Å². The first-order chi connectivity index (χ1) is 5.91. The van der Waals surface area contributed by atoms with Gasteiger partial charge in [0.25, 0.3) is 0 Å². The highest BCUT2D eigenvalue weighted by molar-refractivity contribution is 5.70. The lowest BCUT2D eigenvalue weighted by Gasteiger charge is -2.43. The maximum atomic E-state index is 11.3. The van der Waals surface area contributed by atoms with Crippen LogP contribution in [0.3, 0.4) is 0 Å². The first kappa shape index (κ1) is 9.00. The predicted molar refractivity (Wildman–Crippen MR) is 47.0 cm³/mol. The SMILES string of the molecule is CC12CCC(CC(=O)O1)C(C)(C)O2. The minimum absolute atomic E-state index is 0.115. The van der Waals surface area contributed by atoms with Crippen LogP contribution in [0.5, 0.6) is 0 Å². The number of hydrogen-bond donors (Lipinski definition) is 0. The van der Waals surface area contributed by atoms with Crippen molar-refractivity contribution >= 4 is 5.97 Å². The van der Waals surface area contributed by atoms with Gasteiger partial charge in [-0.1, -0.05) is 0 Å². The van der Waals surface area contributed by atoms with Crippen LogP contribution in [0.15, 0.2) is 0 Å². The molecule has 0 aromatic carbocycles. The molecule has 0 amide bonds. The molecule has 3 saturated heterocycles. The van der Waals surface area contributed by atoms with E-state index in [2.05, 4.69) is 0 Å². The second-order valence-corrected chi connectivity index (χ2v) is 4.75. The first-order valence-electron chi connectivity index (χ1n) is 4.83. The van der Waals surface area contributed by atoms with Gasteiger partial charge in [-0.3, -0.25) is 4.79 Å². The van der Waals surface area contributed by atoms with Gasteiger partial charge in [0.1, 0.15) is 0 Å². The highest BCUT2D eigenvalue weighted by Gasteiger charge is 2.49. The van der Waals surface area contributed by atoms with E-state index in [0.717, 1.165) is 12.8 Å². The highest BCUT2D eigenvalue weighted by atomic mass is 16.7. The Bertz CT molecular complexity index is 247. The summed E-state index contributed by atoms with van der Waals surface area (Å²) in [5.74, 6) is -0.473. The Labute approximate surface area is 78.4 Å². The van der Waals surface area contributed by atoms with Crippen LogP contribution in [0.4, 0.5) is 0 Å². The number of rotatable bonds is 0. The zero-order chi connectivity index (χ0) is 9.69. The van der Waals surface area contributed by atoms with Gasteiger partial charge in [-0.15, -0.1) is 0 Å². The summed E-state index contributed by atoms with van der Waals surface area (Å²) >= 11 is 0. The van der Waals surface area contributed by atoms with Crippen LogP contribution in [0.1, 0.15) is 40.0 Å². The minimum Gasteiger partial charge on any atom is -0.433 e. The molecule has 0 radical (unpaired) electrons. The fourth-order valence-corrected chi connectivity index (χ4v) is 2.38. The van der Waals surface area contributed by atoms with Crippen LogP contribution in [0.25, 0.3) is 0 Å². The van der Waals surface area contributed by atoms with Crippen LogP contribution >= 0.6 is 0 Å². The molecule has 0 aromatic rings. The second-order valence-electron chi connectivity index (χ2n) is 4.75. The van der Waals surface area contributed by atoms with Gasteiger partial charge < -0.3 is 9.47 Å². The lowest BCUT2D eigenvalue weighted by molar-refractivity contribution is -0.278. The summed E-state index contributed by atoms with van der Waals surface area (Å²) < 4.78 is 11.1. The Kier molecular flexibility index (Phi) is 1.71. The highest BCUT2D eigenvalue weighted by Crippen LogP contribution is 2.44. The average Bonchev–Trinajstić information content (AvgIpc) is 2.10.